The van der Waals surface area contributed by atoms with Crippen molar-refractivity contribution in [2.45, 2.75) is 32.4 Å². The maximum atomic E-state index is 12.2. The van der Waals surface area contributed by atoms with Gasteiger partial charge in [0.15, 0.2) is 18.4 Å². The van der Waals surface area contributed by atoms with Gasteiger partial charge in [0.25, 0.3) is 5.91 Å². The second-order valence-electron chi connectivity index (χ2n) is 5.85. The molecule has 0 saturated heterocycles. The number of amides is 2. The zero-order valence-electron chi connectivity index (χ0n) is 14.4. The molecule has 9 heteroatoms. The number of nitrogens with zero attached hydrogens (tertiary/aromatic N) is 1. The summed E-state index contributed by atoms with van der Waals surface area (Å²) in [4.78, 5) is 48.4. The highest BCUT2D eigenvalue weighted by Crippen LogP contribution is 2.33. The molecule has 1 heterocycles. The van der Waals surface area contributed by atoms with Crippen LogP contribution in [0.4, 0.5) is 5.69 Å². The van der Waals surface area contributed by atoms with Crippen LogP contribution in [0.15, 0.2) is 18.2 Å². The molecule has 0 fully saturated rings. The largest absolute Gasteiger partial charge is 0.482 e. The highest BCUT2D eigenvalue weighted by Gasteiger charge is 2.30. The van der Waals surface area contributed by atoms with Crippen LogP contribution < -0.4 is 15.0 Å². The third-order valence-electron chi connectivity index (χ3n) is 3.91. The average Bonchev–Trinajstić information content (AvgIpc) is 2.60. The van der Waals surface area contributed by atoms with Crippen LogP contribution in [0.5, 0.6) is 5.75 Å². The minimum atomic E-state index is -1.49. The molecule has 0 saturated carbocycles. The number of carboxylic acids is 1. The summed E-state index contributed by atoms with van der Waals surface area (Å²) < 4.78 is 5.31. The molecule has 0 aromatic heterocycles. The van der Waals surface area contributed by atoms with Crippen molar-refractivity contribution in [3.63, 3.8) is 0 Å². The van der Waals surface area contributed by atoms with Gasteiger partial charge in [-0.3, -0.25) is 19.3 Å². The molecule has 0 aliphatic carbocycles. The first-order valence-electron chi connectivity index (χ1n) is 8.05. The Hall–Kier alpha value is -2.94. The topological polar surface area (TPSA) is 133 Å². The lowest BCUT2D eigenvalue weighted by Crippen LogP contribution is -2.52. The highest BCUT2D eigenvalue weighted by atomic mass is 16.5. The molecule has 26 heavy (non-hydrogen) atoms. The van der Waals surface area contributed by atoms with E-state index in [1.54, 1.807) is 19.1 Å². The monoisotopic (exact) mass is 364 g/mol. The third kappa shape index (κ3) is 4.17. The zero-order valence-corrected chi connectivity index (χ0v) is 14.4. The van der Waals surface area contributed by atoms with Gasteiger partial charge in [-0.2, -0.15) is 0 Å². The molecule has 2 atom stereocenters. The highest BCUT2D eigenvalue weighted by molar-refractivity contribution is 6.04. The van der Waals surface area contributed by atoms with Crippen molar-refractivity contribution in [3.05, 3.63) is 23.8 Å². The van der Waals surface area contributed by atoms with Gasteiger partial charge in [0, 0.05) is 12.0 Å². The minimum absolute atomic E-state index is 0.129. The van der Waals surface area contributed by atoms with Crippen LogP contribution in [-0.4, -0.2) is 59.1 Å². The Morgan fingerprint density at radius 3 is 2.62 bits per heavy atom. The summed E-state index contributed by atoms with van der Waals surface area (Å²) in [6.45, 7) is 2.20. The zero-order chi connectivity index (χ0) is 19.4. The summed E-state index contributed by atoms with van der Waals surface area (Å²) in [6.07, 6.45) is -1.03. The molecule has 1 aromatic carbocycles. The molecule has 1 aromatic rings. The van der Waals surface area contributed by atoms with Crippen LogP contribution in [0.2, 0.25) is 0 Å². The molecular weight excluding hydrogens is 344 g/mol. The molecule has 0 bridgehead atoms. The minimum Gasteiger partial charge on any atom is -0.482 e. The molecule has 0 spiro atoms. The molecular formula is C17H20N2O7. The second-order valence-corrected chi connectivity index (χ2v) is 5.85. The van der Waals surface area contributed by atoms with Gasteiger partial charge in [-0.05, 0) is 25.1 Å². The van der Waals surface area contributed by atoms with Crippen LogP contribution >= 0.6 is 0 Å². The SMILES string of the molecule is CCC(=O)c1ccc2c(c1)N(CC(=O)NC(C(=O)O)C(C)O)C(=O)CO2. The number of aliphatic hydroxyl groups is 1. The summed E-state index contributed by atoms with van der Waals surface area (Å²) in [5, 5.41) is 20.6. The van der Waals surface area contributed by atoms with Crippen LogP contribution in [-0.2, 0) is 14.4 Å². The van der Waals surface area contributed by atoms with Crippen molar-refractivity contribution < 1.29 is 34.1 Å². The quantitative estimate of drug-likeness (QED) is 0.578. The number of hydrogen-bond donors (Lipinski definition) is 3. The molecule has 0 radical (unpaired) electrons. The number of carboxylic acid groups (broad SMARTS) is 1. The molecule has 3 N–H and O–H groups in total. The number of aliphatic hydroxyl groups excluding tert-OH is 1. The smallest absolute Gasteiger partial charge is 0.328 e. The second kappa shape index (κ2) is 7.96. The number of anilines is 1. The van der Waals surface area contributed by atoms with Gasteiger partial charge in [0.2, 0.25) is 5.91 Å². The summed E-state index contributed by atoms with van der Waals surface area (Å²) in [7, 11) is 0. The Bertz CT molecular complexity index is 745. The number of carbonyl (C=O) groups excluding carboxylic acids is 3. The van der Waals surface area contributed by atoms with Crippen LogP contribution in [0, 0.1) is 0 Å². The standard InChI is InChI=1S/C17H20N2O7/c1-3-12(21)10-4-5-13-11(6-10)19(15(23)8-26-13)7-14(22)18-16(9(2)20)17(24)25/h4-6,9,16,20H,3,7-8H2,1-2H3,(H,18,22)(H,24,25). The molecule has 2 rings (SSSR count). The normalized spacial score (nSPS) is 15.5. The molecule has 140 valence electrons. The first-order chi connectivity index (χ1) is 12.2. The number of hydrogen-bond acceptors (Lipinski definition) is 6. The van der Waals surface area contributed by atoms with Crippen LogP contribution in [0.25, 0.3) is 0 Å². The Kier molecular flexibility index (Phi) is 5.93. The lowest BCUT2D eigenvalue weighted by molar-refractivity contribution is -0.144. The van der Waals surface area contributed by atoms with Crippen LogP contribution in [0.1, 0.15) is 30.6 Å². The Balaban J connectivity index is 2.24. The van der Waals surface area contributed by atoms with E-state index in [0.717, 1.165) is 4.90 Å². The molecule has 1 aliphatic rings. The predicted octanol–water partition coefficient (Wildman–Crippen LogP) is -0.0451. The first kappa shape index (κ1) is 19.4. The van der Waals surface area contributed by atoms with Gasteiger partial charge in [0.1, 0.15) is 12.3 Å². The van der Waals surface area contributed by atoms with E-state index in [9.17, 15) is 24.3 Å². The third-order valence-corrected chi connectivity index (χ3v) is 3.91. The fraction of sp³-hybridized carbons (Fsp3) is 0.412. The number of benzene rings is 1. The van der Waals surface area contributed by atoms with Gasteiger partial charge in [-0.15, -0.1) is 0 Å². The number of nitrogens with one attached hydrogen (secondary N) is 1. The van der Waals surface area contributed by atoms with Crippen LogP contribution in [0.3, 0.4) is 0 Å². The fourth-order valence-electron chi connectivity index (χ4n) is 2.50. The summed E-state index contributed by atoms with van der Waals surface area (Å²) in [5.74, 6) is -2.44. The number of Topliss-reactive ketones (excluding diaryl/α,β-unsaturated/α-hetero) is 1. The summed E-state index contributed by atoms with van der Waals surface area (Å²) in [6, 6.07) is 3.10. The predicted molar refractivity (Wildman–Crippen MR) is 90.2 cm³/mol. The van der Waals surface area contributed by atoms with Crippen molar-refractivity contribution in [2.24, 2.45) is 0 Å². The maximum absolute atomic E-state index is 12.2. The number of carbonyl (C=O) groups is 4. The lowest BCUT2D eigenvalue weighted by Gasteiger charge is -2.29. The van der Waals surface area contributed by atoms with Crippen molar-refractivity contribution >= 4 is 29.3 Å². The van der Waals surface area contributed by atoms with E-state index < -0.39 is 36.5 Å². The maximum Gasteiger partial charge on any atom is 0.328 e. The van der Waals surface area contributed by atoms with E-state index in [1.807, 2.05) is 0 Å². The molecule has 2 amide bonds. The Labute approximate surface area is 149 Å². The van der Waals surface area contributed by atoms with Crippen molar-refractivity contribution in [2.75, 3.05) is 18.1 Å². The van der Waals surface area contributed by atoms with E-state index in [0.29, 0.717) is 11.3 Å². The Morgan fingerprint density at radius 2 is 2.04 bits per heavy atom. The van der Waals surface area contributed by atoms with E-state index >= 15 is 0 Å². The summed E-state index contributed by atoms with van der Waals surface area (Å²) >= 11 is 0. The fourth-order valence-corrected chi connectivity index (χ4v) is 2.50. The molecule has 9 nitrogen and oxygen atoms in total. The van der Waals surface area contributed by atoms with E-state index in [1.165, 1.54) is 13.0 Å². The number of ether oxygens (including phenoxy) is 1. The lowest BCUT2D eigenvalue weighted by atomic mass is 10.1. The van der Waals surface area contributed by atoms with E-state index in [4.69, 9.17) is 9.84 Å². The van der Waals surface area contributed by atoms with Gasteiger partial charge in [0.05, 0.1) is 11.8 Å². The van der Waals surface area contributed by atoms with Gasteiger partial charge in [-0.1, -0.05) is 6.92 Å². The number of fused-ring (bicyclic) bond motifs is 1. The summed E-state index contributed by atoms with van der Waals surface area (Å²) in [5.41, 5.74) is 0.641. The van der Waals surface area contributed by atoms with E-state index in [2.05, 4.69) is 5.32 Å². The van der Waals surface area contributed by atoms with Crippen molar-refractivity contribution in [1.82, 2.24) is 5.32 Å². The van der Waals surface area contributed by atoms with Crippen molar-refractivity contribution in [1.29, 1.82) is 0 Å². The number of aliphatic carboxylic acids is 1. The van der Waals surface area contributed by atoms with Gasteiger partial charge >= 0.3 is 5.97 Å². The first-order valence-corrected chi connectivity index (χ1v) is 8.05. The molecule has 1 aliphatic heterocycles. The number of rotatable bonds is 7. The number of ketones is 1. The van der Waals surface area contributed by atoms with E-state index in [-0.39, 0.29) is 24.5 Å². The average molecular weight is 364 g/mol. The Morgan fingerprint density at radius 1 is 1.35 bits per heavy atom. The van der Waals surface area contributed by atoms with Crippen molar-refractivity contribution in [3.8, 4) is 5.75 Å². The van der Waals surface area contributed by atoms with Gasteiger partial charge in [-0.25, -0.2) is 4.79 Å². The van der Waals surface area contributed by atoms with Gasteiger partial charge < -0.3 is 20.3 Å². The molecule has 2 unspecified atom stereocenters.